The zero-order valence-corrected chi connectivity index (χ0v) is 11.8. The van der Waals surface area contributed by atoms with Crippen LogP contribution in [0.3, 0.4) is 0 Å². The lowest BCUT2D eigenvalue weighted by atomic mass is 10.0. The van der Waals surface area contributed by atoms with Crippen molar-refractivity contribution >= 4 is 17.6 Å². The molecule has 0 fully saturated rings. The summed E-state index contributed by atoms with van der Waals surface area (Å²) in [5.74, 6) is -0.701. The van der Waals surface area contributed by atoms with Crippen LogP contribution in [0.1, 0.15) is 31.7 Å². The highest BCUT2D eigenvalue weighted by Gasteiger charge is 2.15. The monoisotopic (exact) mass is 285 g/mol. The number of phenols is 1. The molecule has 106 valence electrons. The van der Waals surface area contributed by atoms with Gasteiger partial charge in [-0.25, -0.2) is 0 Å². The second-order valence-corrected chi connectivity index (χ2v) is 5.02. The number of hydrogen-bond donors (Lipinski definition) is 3. The molecule has 0 aromatic heterocycles. The zero-order valence-electron chi connectivity index (χ0n) is 11.0. The van der Waals surface area contributed by atoms with E-state index in [1.54, 1.807) is 12.1 Å². The van der Waals surface area contributed by atoms with Crippen LogP contribution < -0.4 is 5.32 Å². The molecule has 0 radical (unpaired) electrons. The van der Waals surface area contributed by atoms with Crippen molar-refractivity contribution in [1.29, 1.82) is 0 Å². The zero-order chi connectivity index (χ0) is 14.3. The van der Waals surface area contributed by atoms with Gasteiger partial charge in [0.15, 0.2) is 0 Å². The van der Waals surface area contributed by atoms with E-state index in [0.29, 0.717) is 17.0 Å². The van der Waals surface area contributed by atoms with Crippen LogP contribution >= 0.6 is 11.6 Å². The van der Waals surface area contributed by atoms with E-state index in [-0.39, 0.29) is 18.2 Å². The Balaban J connectivity index is 2.69. The molecule has 0 saturated heterocycles. The number of aliphatic carboxylic acids is 1. The van der Waals surface area contributed by atoms with Gasteiger partial charge >= 0.3 is 5.97 Å². The number of carbonyl (C=O) groups is 1. The third-order valence-corrected chi connectivity index (χ3v) is 3.13. The van der Waals surface area contributed by atoms with Gasteiger partial charge in [0.25, 0.3) is 0 Å². The normalized spacial score (nSPS) is 12.3. The molecule has 0 aliphatic heterocycles. The molecule has 19 heavy (non-hydrogen) atoms. The Morgan fingerprint density at radius 1 is 1.47 bits per heavy atom. The van der Waals surface area contributed by atoms with Gasteiger partial charge in [-0.1, -0.05) is 24.9 Å². The highest BCUT2D eigenvalue weighted by Crippen LogP contribution is 2.23. The second kappa shape index (κ2) is 8.02. The Morgan fingerprint density at radius 2 is 2.21 bits per heavy atom. The molecule has 1 rings (SSSR count). The molecule has 0 saturated carbocycles. The average Bonchev–Trinajstić information content (AvgIpc) is 2.33. The largest absolute Gasteiger partial charge is 0.508 e. The summed E-state index contributed by atoms with van der Waals surface area (Å²) in [6.07, 6.45) is 2.52. The van der Waals surface area contributed by atoms with Gasteiger partial charge in [0.05, 0.1) is 6.42 Å². The predicted octanol–water partition coefficient (Wildman–Crippen LogP) is 2.82. The van der Waals surface area contributed by atoms with Gasteiger partial charge in [-0.15, -0.1) is 0 Å². The first-order valence-corrected chi connectivity index (χ1v) is 6.83. The minimum atomic E-state index is -0.851. The molecule has 1 atom stereocenters. The Morgan fingerprint density at radius 3 is 2.84 bits per heavy atom. The van der Waals surface area contributed by atoms with E-state index >= 15 is 0 Å². The molecule has 0 aliphatic rings. The van der Waals surface area contributed by atoms with Gasteiger partial charge in [0, 0.05) is 11.1 Å². The number of carboxylic acid groups (broad SMARTS) is 1. The predicted molar refractivity (Wildman–Crippen MR) is 75.8 cm³/mol. The summed E-state index contributed by atoms with van der Waals surface area (Å²) in [6.45, 7) is 2.85. The van der Waals surface area contributed by atoms with E-state index in [1.165, 1.54) is 6.07 Å². The lowest BCUT2D eigenvalue weighted by Gasteiger charge is -2.17. The van der Waals surface area contributed by atoms with Gasteiger partial charge in [-0.2, -0.15) is 0 Å². The van der Waals surface area contributed by atoms with Crippen LogP contribution in [0.2, 0.25) is 5.02 Å². The van der Waals surface area contributed by atoms with Crippen molar-refractivity contribution in [3.63, 3.8) is 0 Å². The highest BCUT2D eigenvalue weighted by atomic mass is 35.5. The minimum Gasteiger partial charge on any atom is -0.508 e. The maximum Gasteiger partial charge on any atom is 0.304 e. The maximum absolute atomic E-state index is 10.9. The number of halogens is 1. The Hall–Kier alpha value is -1.26. The first kappa shape index (κ1) is 15.8. The summed E-state index contributed by atoms with van der Waals surface area (Å²) in [4.78, 5) is 10.9. The molecule has 1 aromatic rings. The summed E-state index contributed by atoms with van der Waals surface area (Å²) in [6, 6.07) is 4.61. The van der Waals surface area contributed by atoms with Crippen molar-refractivity contribution in [2.24, 2.45) is 0 Å². The van der Waals surface area contributed by atoms with Crippen molar-refractivity contribution in [1.82, 2.24) is 5.32 Å². The van der Waals surface area contributed by atoms with Crippen molar-refractivity contribution in [3.05, 3.63) is 28.8 Å². The molecule has 0 heterocycles. The summed E-state index contributed by atoms with van der Waals surface area (Å²) in [5.41, 5.74) is 0.669. The number of unbranched alkanes of at least 4 members (excludes halogenated alkanes) is 1. The third kappa shape index (κ3) is 5.94. The number of carboxylic acids is 1. The van der Waals surface area contributed by atoms with Gasteiger partial charge in [0.1, 0.15) is 5.75 Å². The Bertz CT molecular complexity index is 423. The summed E-state index contributed by atoms with van der Waals surface area (Å²) < 4.78 is 0. The molecule has 0 spiro atoms. The topological polar surface area (TPSA) is 69.6 Å². The fraction of sp³-hybridized carbons (Fsp3) is 0.500. The number of benzene rings is 1. The van der Waals surface area contributed by atoms with Crippen LogP contribution in [-0.2, 0) is 11.2 Å². The average molecular weight is 286 g/mol. The highest BCUT2D eigenvalue weighted by molar-refractivity contribution is 6.30. The molecule has 0 amide bonds. The van der Waals surface area contributed by atoms with Gasteiger partial charge in [-0.05, 0) is 43.1 Å². The molecule has 0 aliphatic carbocycles. The van der Waals surface area contributed by atoms with E-state index in [9.17, 15) is 9.90 Å². The number of nitrogens with one attached hydrogen (secondary N) is 1. The van der Waals surface area contributed by atoms with Crippen molar-refractivity contribution < 1.29 is 15.0 Å². The number of rotatable bonds is 8. The summed E-state index contributed by atoms with van der Waals surface area (Å²) in [7, 11) is 0. The van der Waals surface area contributed by atoms with Crippen molar-refractivity contribution in [3.8, 4) is 5.75 Å². The molecule has 4 nitrogen and oxygen atoms in total. The Labute approximate surface area is 118 Å². The van der Waals surface area contributed by atoms with E-state index in [2.05, 4.69) is 12.2 Å². The molecular weight excluding hydrogens is 266 g/mol. The van der Waals surface area contributed by atoms with Gasteiger partial charge < -0.3 is 15.5 Å². The number of phenolic OH excluding ortho intramolecular Hbond substituents is 1. The van der Waals surface area contributed by atoms with Crippen LogP contribution in [0, 0.1) is 0 Å². The number of hydrogen-bond acceptors (Lipinski definition) is 3. The minimum absolute atomic E-state index is 0.0235. The van der Waals surface area contributed by atoms with Crippen molar-refractivity contribution in [2.45, 2.75) is 38.6 Å². The number of aromatic hydroxyl groups is 1. The van der Waals surface area contributed by atoms with Crippen LogP contribution in [0.5, 0.6) is 5.75 Å². The standard InChI is InChI=1S/C14H20ClNO3/c1-2-3-6-16-12(9-14(18)19)8-10-7-11(15)4-5-13(10)17/h4-5,7,12,16-17H,2-3,6,8-9H2,1H3,(H,18,19). The smallest absolute Gasteiger partial charge is 0.304 e. The van der Waals surface area contributed by atoms with Crippen molar-refractivity contribution in [2.75, 3.05) is 6.54 Å². The van der Waals surface area contributed by atoms with Gasteiger partial charge in [-0.3, -0.25) is 4.79 Å². The third-order valence-electron chi connectivity index (χ3n) is 2.89. The lowest BCUT2D eigenvalue weighted by molar-refractivity contribution is -0.137. The SMILES string of the molecule is CCCCNC(CC(=O)O)Cc1cc(Cl)ccc1O. The molecule has 3 N–H and O–H groups in total. The molecule has 0 bridgehead atoms. The Kier molecular flexibility index (Phi) is 6.67. The van der Waals surface area contributed by atoms with Gasteiger partial charge in [0.2, 0.25) is 0 Å². The quantitative estimate of drug-likeness (QED) is 0.643. The first-order chi connectivity index (χ1) is 9.02. The molecule has 5 heteroatoms. The fourth-order valence-electron chi connectivity index (χ4n) is 1.89. The van der Waals surface area contributed by atoms with E-state index < -0.39 is 5.97 Å². The van der Waals surface area contributed by atoms with Crippen LogP contribution in [0.4, 0.5) is 0 Å². The second-order valence-electron chi connectivity index (χ2n) is 4.58. The maximum atomic E-state index is 10.9. The van der Waals surface area contributed by atoms with Crippen LogP contribution in [0.25, 0.3) is 0 Å². The van der Waals surface area contributed by atoms with E-state index in [4.69, 9.17) is 16.7 Å². The first-order valence-electron chi connectivity index (χ1n) is 6.45. The van der Waals surface area contributed by atoms with Crippen LogP contribution in [0.15, 0.2) is 18.2 Å². The molecule has 1 aromatic carbocycles. The molecular formula is C14H20ClNO3. The lowest BCUT2D eigenvalue weighted by Crippen LogP contribution is -2.34. The van der Waals surface area contributed by atoms with Crippen LogP contribution in [-0.4, -0.2) is 28.8 Å². The summed E-state index contributed by atoms with van der Waals surface area (Å²) in [5, 5.41) is 22.4. The van der Waals surface area contributed by atoms with E-state index in [1.807, 2.05) is 0 Å². The summed E-state index contributed by atoms with van der Waals surface area (Å²) >= 11 is 5.88. The molecule has 1 unspecified atom stereocenters. The van der Waals surface area contributed by atoms with E-state index in [0.717, 1.165) is 19.4 Å². The fourth-order valence-corrected chi connectivity index (χ4v) is 2.09.